The summed E-state index contributed by atoms with van der Waals surface area (Å²) in [6.07, 6.45) is 2.36. The Morgan fingerprint density at radius 1 is 1.00 bits per heavy atom. The van der Waals surface area contributed by atoms with E-state index in [2.05, 4.69) is 9.88 Å². The van der Waals surface area contributed by atoms with Crippen molar-refractivity contribution in [2.75, 3.05) is 11.9 Å². The summed E-state index contributed by atoms with van der Waals surface area (Å²) in [6.45, 7) is 5.39. The van der Waals surface area contributed by atoms with E-state index in [1.54, 1.807) is 0 Å². The van der Waals surface area contributed by atoms with Crippen molar-refractivity contribution >= 4 is 29.1 Å². The van der Waals surface area contributed by atoms with Gasteiger partial charge in [0.05, 0.1) is 6.04 Å². The molecule has 0 aliphatic carbocycles. The number of aromatic nitrogens is 1. The first kappa shape index (κ1) is 21.2. The molecule has 4 rings (SSSR count). The van der Waals surface area contributed by atoms with Crippen molar-refractivity contribution < 1.29 is 9.59 Å². The van der Waals surface area contributed by atoms with Crippen molar-refractivity contribution in [1.29, 1.82) is 0 Å². The number of halogens is 1. The van der Waals surface area contributed by atoms with Gasteiger partial charge in [-0.2, -0.15) is 0 Å². The Kier molecular flexibility index (Phi) is 6.14. The number of hydrogen-bond donors (Lipinski definition) is 1. The number of nitrogens with one attached hydrogen (secondary N) is 1. The van der Waals surface area contributed by atoms with Gasteiger partial charge in [0.2, 0.25) is 11.8 Å². The van der Waals surface area contributed by atoms with Gasteiger partial charge >= 0.3 is 0 Å². The van der Waals surface area contributed by atoms with Gasteiger partial charge in [-0.3, -0.25) is 9.59 Å². The number of rotatable bonds is 5. The van der Waals surface area contributed by atoms with Crippen LogP contribution in [0.2, 0.25) is 5.02 Å². The summed E-state index contributed by atoms with van der Waals surface area (Å²) in [6, 6.07) is 17.3. The van der Waals surface area contributed by atoms with Crippen LogP contribution in [0.4, 0.5) is 5.69 Å². The zero-order valence-corrected chi connectivity index (χ0v) is 18.5. The van der Waals surface area contributed by atoms with Crippen molar-refractivity contribution in [2.24, 2.45) is 0 Å². The summed E-state index contributed by atoms with van der Waals surface area (Å²) in [5.41, 5.74) is 5.14. The van der Waals surface area contributed by atoms with Crippen LogP contribution in [0.15, 0.2) is 60.8 Å². The first-order valence-electron chi connectivity index (χ1n) is 10.5. The largest absolute Gasteiger partial charge is 0.348 e. The molecular formula is C25H26ClN3O2. The van der Waals surface area contributed by atoms with Crippen molar-refractivity contribution in [3.05, 3.63) is 88.2 Å². The summed E-state index contributed by atoms with van der Waals surface area (Å²) in [5, 5.41) is 3.56. The fourth-order valence-corrected chi connectivity index (χ4v) is 4.18. The highest BCUT2D eigenvalue weighted by atomic mass is 35.5. The van der Waals surface area contributed by atoms with Gasteiger partial charge in [-0.25, -0.2) is 0 Å². The highest BCUT2D eigenvalue weighted by molar-refractivity contribution is 6.30. The van der Waals surface area contributed by atoms with Gasteiger partial charge in [-0.05, 0) is 66.9 Å². The second-order valence-electron chi connectivity index (χ2n) is 8.01. The van der Waals surface area contributed by atoms with E-state index in [0.29, 0.717) is 11.6 Å². The standard InChI is InChI=1S/C25H26ClN3O2/c1-17-5-10-21(16-18(17)2)27-23(30)11-12-24(31)29-15-14-28-13-3-4-22(28)25(29)19-6-8-20(26)9-7-19/h3-10,13,16,25H,11-12,14-15H2,1-2H3,(H,27,30)/t25-/m1/s1. The number of amides is 2. The average molecular weight is 436 g/mol. The molecule has 0 radical (unpaired) electrons. The Bertz CT molecular complexity index is 1100. The van der Waals surface area contributed by atoms with Crippen LogP contribution in [0.25, 0.3) is 0 Å². The van der Waals surface area contributed by atoms with Crippen molar-refractivity contribution in [1.82, 2.24) is 9.47 Å². The molecule has 5 nitrogen and oxygen atoms in total. The summed E-state index contributed by atoms with van der Waals surface area (Å²) < 4.78 is 2.18. The van der Waals surface area contributed by atoms with Crippen LogP contribution < -0.4 is 5.32 Å². The maximum Gasteiger partial charge on any atom is 0.224 e. The first-order chi connectivity index (χ1) is 14.9. The fourth-order valence-electron chi connectivity index (χ4n) is 4.05. The Labute approximate surface area is 187 Å². The summed E-state index contributed by atoms with van der Waals surface area (Å²) in [4.78, 5) is 27.5. The molecule has 160 valence electrons. The van der Waals surface area contributed by atoms with Gasteiger partial charge in [-0.1, -0.05) is 29.8 Å². The summed E-state index contributed by atoms with van der Waals surface area (Å²) >= 11 is 6.07. The van der Waals surface area contributed by atoms with Crippen molar-refractivity contribution in [3.63, 3.8) is 0 Å². The average Bonchev–Trinajstić information content (AvgIpc) is 3.23. The zero-order chi connectivity index (χ0) is 22.0. The fraction of sp³-hybridized carbons (Fsp3) is 0.280. The van der Waals surface area contributed by atoms with E-state index < -0.39 is 0 Å². The second-order valence-corrected chi connectivity index (χ2v) is 8.45. The zero-order valence-electron chi connectivity index (χ0n) is 17.8. The molecule has 0 saturated heterocycles. The molecule has 0 saturated carbocycles. The molecule has 1 atom stereocenters. The lowest BCUT2D eigenvalue weighted by Gasteiger charge is -2.37. The lowest BCUT2D eigenvalue weighted by atomic mass is 9.99. The van der Waals surface area contributed by atoms with E-state index in [0.717, 1.165) is 29.1 Å². The molecule has 0 fully saturated rings. The molecule has 0 spiro atoms. The number of anilines is 1. The number of hydrogen-bond acceptors (Lipinski definition) is 2. The lowest BCUT2D eigenvalue weighted by Crippen LogP contribution is -2.42. The molecule has 31 heavy (non-hydrogen) atoms. The summed E-state index contributed by atoms with van der Waals surface area (Å²) in [5.74, 6) is -0.178. The minimum absolute atomic E-state index is 0.0253. The monoisotopic (exact) mass is 435 g/mol. The first-order valence-corrected chi connectivity index (χ1v) is 10.9. The number of aryl methyl sites for hydroxylation is 2. The van der Waals surface area contributed by atoms with Crippen molar-refractivity contribution in [3.8, 4) is 0 Å². The molecule has 2 amide bonds. The lowest BCUT2D eigenvalue weighted by molar-refractivity contribution is -0.135. The van der Waals surface area contributed by atoms with Gasteiger partial charge in [0.25, 0.3) is 0 Å². The Morgan fingerprint density at radius 2 is 1.77 bits per heavy atom. The smallest absolute Gasteiger partial charge is 0.224 e. The molecule has 3 aromatic rings. The van der Waals surface area contributed by atoms with E-state index in [9.17, 15) is 9.59 Å². The molecule has 2 aromatic carbocycles. The number of fused-ring (bicyclic) bond motifs is 1. The maximum absolute atomic E-state index is 13.1. The van der Waals surface area contributed by atoms with Gasteiger partial charge in [-0.15, -0.1) is 0 Å². The molecule has 1 N–H and O–H groups in total. The third kappa shape index (κ3) is 4.67. The topological polar surface area (TPSA) is 54.3 Å². The third-order valence-corrected chi connectivity index (χ3v) is 6.15. The van der Waals surface area contributed by atoms with Crippen LogP contribution in [0.3, 0.4) is 0 Å². The van der Waals surface area contributed by atoms with Crippen LogP contribution in [0.5, 0.6) is 0 Å². The number of nitrogens with zero attached hydrogens (tertiary/aromatic N) is 2. The third-order valence-electron chi connectivity index (χ3n) is 5.90. The van der Waals surface area contributed by atoms with Crippen LogP contribution in [0.1, 0.15) is 41.3 Å². The van der Waals surface area contributed by atoms with Gasteiger partial charge in [0, 0.05) is 48.5 Å². The highest BCUT2D eigenvalue weighted by Gasteiger charge is 2.32. The predicted molar refractivity (Wildman–Crippen MR) is 123 cm³/mol. The van der Waals surface area contributed by atoms with Crippen LogP contribution >= 0.6 is 11.6 Å². The van der Waals surface area contributed by atoms with E-state index in [1.165, 1.54) is 5.56 Å². The van der Waals surface area contributed by atoms with Crippen LogP contribution in [-0.2, 0) is 16.1 Å². The Hall–Kier alpha value is -3.05. The number of carbonyl (C=O) groups is 2. The van der Waals surface area contributed by atoms with E-state index >= 15 is 0 Å². The van der Waals surface area contributed by atoms with Gasteiger partial charge < -0.3 is 14.8 Å². The molecule has 1 aromatic heterocycles. The normalized spacial score (nSPS) is 15.5. The molecule has 2 heterocycles. The highest BCUT2D eigenvalue weighted by Crippen LogP contribution is 2.33. The SMILES string of the molecule is Cc1ccc(NC(=O)CCC(=O)N2CCn3cccc3[C@H]2c2ccc(Cl)cc2)cc1C. The minimum atomic E-state index is -0.184. The van der Waals surface area contributed by atoms with Crippen molar-refractivity contribution in [2.45, 2.75) is 39.3 Å². The quantitative estimate of drug-likeness (QED) is 0.605. The minimum Gasteiger partial charge on any atom is -0.348 e. The molecule has 1 aliphatic heterocycles. The predicted octanol–water partition coefficient (Wildman–Crippen LogP) is 5.11. The molecule has 0 unspecified atom stereocenters. The van der Waals surface area contributed by atoms with Gasteiger partial charge in [0.15, 0.2) is 0 Å². The Balaban J connectivity index is 1.45. The van der Waals surface area contributed by atoms with E-state index in [4.69, 9.17) is 11.6 Å². The van der Waals surface area contributed by atoms with Crippen LogP contribution in [-0.4, -0.2) is 27.8 Å². The van der Waals surface area contributed by atoms with E-state index in [1.807, 2.05) is 79.5 Å². The number of benzene rings is 2. The number of carbonyl (C=O) groups excluding carboxylic acids is 2. The van der Waals surface area contributed by atoms with Crippen LogP contribution in [0, 0.1) is 13.8 Å². The van der Waals surface area contributed by atoms with Gasteiger partial charge in [0.1, 0.15) is 0 Å². The molecule has 0 bridgehead atoms. The Morgan fingerprint density at radius 3 is 2.52 bits per heavy atom. The maximum atomic E-state index is 13.1. The molecule has 6 heteroatoms. The molecule has 1 aliphatic rings. The summed E-state index contributed by atoms with van der Waals surface area (Å²) in [7, 11) is 0. The molecular weight excluding hydrogens is 410 g/mol. The van der Waals surface area contributed by atoms with E-state index in [-0.39, 0.29) is 30.7 Å². The second kappa shape index (κ2) is 8.98.